The number of ether oxygens (including phenoxy) is 2. The Hall–Kier alpha value is -3.96. The number of halogens is 2. The summed E-state index contributed by atoms with van der Waals surface area (Å²) in [5.74, 6) is -2.22. The number of fused-ring (bicyclic) bond motifs is 1. The second-order valence-corrected chi connectivity index (χ2v) is 8.58. The lowest BCUT2D eigenvalue weighted by Crippen LogP contribution is -2.49. The highest BCUT2D eigenvalue weighted by Crippen LogP contribution is 2.40. The number of anilines is 3. The van der Waals surface area contributed by atoms with E-state index < -0.39 is 23.4 Å². The maximum Gasteiger partial charge on any atom is 0.330 e. The fourth-order valence-corrected chi connectivity index (χ4v) is 4.55. The number of carbonyl (C=O) groups excluding carboxylic acids is 2. The molecule has 1 unspecified atom stereocenters. The third-order valence-corrected chi connectivity index (χ3v) is 6.42. The molecular formula is C24H28F2N6O4. The molecule has 12 heteroatoms. The minimum Gasteiger partial charge on any atom is -0.493 e. The van der Waals surface area contributed by atoms with Gasteiger partial charge in [0.15, 0.2) is 23.1 Å². The van der Waals surface area contributed by atoms with Crippen LogP contribution in [-0.2, 0) is 11.3 Å². The first-order valence-corrected chi connectivity index (χ1v) is 11.5. The molecule has 192 valence electrons. The molecule has 0 spiro atoms. The number of nitrogens with zero attached hydrogens (tertiary/aromatic N) is 4. The monoisotopic (exact) mass is 502 g/mol. The first kappa shape index (κ1) is 25.1. The largest absolute Gasteiger partial charge is 0.493 e. The minimum atomic E-state index is -1.02. The van der Waals surface area contributed by atoms with Gasteiger partial charge in [-0.2, -0.15) is 4.98 Å². The van der Waals surface area contributed by atoms with Crippen LogP contribution in [0.3, 0.4) is 0 Å². The van der Waals surface area contributed by atoms with Crippen LogP contribution in [0.25, 0.3) is 0 Å². The van der Waals surface area contributed by atoms with Gasteiger partial charge in [-0.25, -0.2) is 18.6 Å². The third kappa shape index (κ3) is 4.62. The fourth-order valence-electron chi connectivity index (χ4n) is 4.55. The zero-order valence-electron chi connectivity index (χ0n) is 20.3. The SMILES string of the molecule is C=CC(=O)N[C@H]1CCCCC1Nc1ncc2c(n1)N(C)C(=O)N(c1c(F)c(OC)cc(OC)c1F)C2. The number of rotatable bonds is 7. The number of methoxy groups -OCH3 is 2. The van der Waals surface area contributed by atoms with E-state index in [4.69, 9.17) is 9.47 Å². The van der Waals surface area contributed by atoms with Gasteiger partial charge >= 0.3 is 6.03 Å². The molecule has 1 aromatic carbocycles. The Balaban J connectivity index is 1.62. The predicted molar refractivity (Wildman–Crippen MR) is 129 cm³/mol. The molecule has 2 aliphatic rings. The van der Waals surface area contributed by atoms with Crippen molar-refractivity contribution in [2.45, 2.75) is 44.3 Å². The number of hydrogen-bond donors (Lipinski definition) is 2. The lowest BCUT2D eigenvalue weighted by Gasteiger charge is -2.35. The van der Waals surface area contributed by atoms with E-state index in [1.54, 1.807) is 0 Å². The first-order valence-electron chi connectivity index (χ1n) is 11.5. The van der Waals surface area contributed by atoms with E-state index in [1.807, 2.05) is 0 Å². The maximum atomic E-state index is 15.1. The van der Waals surface area contributed by atoms with E-state index in [-0.39, 0.29) is 42.0 Å². The third-order valence-electron chi connectivity index (χ3n) is 6.42. The molecular weight excluding hydrogens is 474 g/mol. The highest BCUT2D eigenvalue weighted by atomic mass is 19.1. The number of nitrogens with one attached hydrogen (secondary N) is 2. The summed E-state index contributed by atoms with van der Waals surface area (Å²) in [5.41, 5.74) is -0.0951. The van der Waals surface area contributed by atoms with Crippen molar-refractivity contribution in [2.24, 2.45) is 0 Å². The van der Waals surface area contributed by atoms with Crippen LogP contribution in [-0.4, -0.2) is 55.3 Å². The number of urea groups is 1. The zero-order chi connectivity index (χ0) is 26.0. The highest BCUT2D eigenvalue weighted by molar-refractivity contribution is 6.05. The Labute approximate surface area is 207 Å². The second-order valence-electron chi connectivity index (χ2n) is 8.58. The van der Waals surface area contributed by atoms with Crippen LogP contribution in [0, 0.1) is 11.6 Å². The van der Waals surface area contributed by atoms with E-state index in [2.05, 4.69) is 27.2 Å². The van der Waals surface area contributed by atoms with Gasteiger partial charge in [0.25, 0.3) is 0 Å². The zero-order valence-corrected chi connectivity index (χ0v) is 20.3. The van der Waals surface area contributed by atoms with Crippen LogP contribution in [0.1, 0.15) is 31.2 Å². The minimum absolute atomic E-state index is 0.103. The molecule has 2 aromatic rings. The molecule has 1 aromatic heterocycles. The molecule has 10 nitrogen and oxygen atoms in total. The van der Waals surface area contributed by atoms with E-state index in [1.165, 1.54) is 38.4 Å². The maximum absolute atomic E-state index is 15.1. The average molecular weight is 503 g/mol. The van der Waals surface area contributed by atoms with Gasteiger partial charge in [-0.05, 0) is 18.9 Å². The molecule has 3 amide bonds. The van der Waals surface area contributed by atoms with Crippen molar-refractivity contribution in [3.63, 3.8) is 0 Å². The van der Waals surface area contributed by atoms with Gasteiger partial charge < -0.3 is 20.1 Å². The van der Waals surface area contributed by atoms with Gasteiger partial charge in [-0.1, -0.05) is 19.4 Å². The standard InChI is InChI=1S/C24H28F2N6O4/c1-5-18(33)28-14-8-6-7-9-15(14)29-23-27-11-13-12-32(24(34)31(2)22(13)30-23)21-19(25)16(35-3)10-17(36-4)20(21)26/h5,10-11,14-15H,1,6-9,12H2,2-4H3,(H,28,33)(H,27,29,30)/t14-,15?/m0/s1. The first-order chi connectivity index (χ1) is 17.3. The van der Waals surface area contributed by atoms with Crippen LogP contribution in [0.5, 0.6) is 11.5 Å². The predicted octanol–water partition coefficient (Wildman–Crippen LogP) is 3.37. The van der Waals surface area contributed by atoms with Gasteiger partial charge in [0.2, 0.25) is 11.9 Å². The summed E-state index contributed by atoms with van der Waals surface area (Å²) in [5, 5.41) is 6.19. The average Bonchev–Trinajstić information content (AvgIpc) is 2.88. The summed E-state index contributed by atoms with van der Waals surface area (Å²) in [4.78, 5) is 36.0. The molecule has 1 aliphatic carbocycles. The number of amides is 3. The molecule has 1 saturated carbocycles. The van der Waals surface area contributed by atoms with E-state index in [9.17, 15) is 9.59 Å². The molecule has 0 saturated heterocycles. The van der Waals surface area contributed by atoms with Gasteiger partial charge in [0, 0.05) is 37.0 Å². The van der Waals surface area contributed by atoms with Gasteiger partial charge in [-0.3, -0.25) is 14.6 Å². The Bertz CT molecular complexity index is 1170. The number of aromatic nitrogens is 2. The summed E-state index contributed by atoms with van der Waals surface area (Å²) < 4.78 is 40.1. The second kappa shape index (κ2) is 10.3. The topological polar surface area (TPSA) is 109 Å². The van der Waals surface area contributed by atoms with E-state index >= 15 is 8.78 Å². The summed E-state index contributed by atoms with van der Waals surface area (Å²) >= 11 is 0. The molecule has 0 radical (unpaired) electrons. The van der Waals surface area contributed by atoms with Crippen LogP contribution in [0.15, 0.2) is 24.9 Å². The van der Waals surface area contributed by atoms with Crippen molar-refractivity contribution in [2.75, 3.05) is 36.4 Å². The Kier molecular flexibility index (Phi) is 7.22. The Morgan fingerprint density at radius 1 is 1.17 bits per heavy atom. The smallest absolute Gasteiger partial charge is 0.330 e. The van der Waals surface area contributed by atoms with Crippen LogP contribution in [0.2, 0.25) is 0 Å². The molecule has 36 heavy (non-hydrogen) atoms. The lowest BCUT2D eigenvalue weighted by atomic mass is 9.90. The number of benzene rings is 1. The molecule has 4 rings (SSSR count). The van der Waals surface area contributed by atoms with Crippen molar-refractivity contribution < 1.29 is 27.8 Å². The van der Waals surface area contributed by atoms with Crippen molar-refractivity contribution in [1.82, 2.24) is 15.3 Å². The van der Waals surface area contributed by atoms with Crippen LogP contribution < -0.4 is 29.9 Å². The van der Waals surface area contributed by atoms with Gasteiger partial charge in [0.1, 0.15) is 11.5 Å². The highest BCUT2D eigenvalue weighted by Gasteiger charge is 2.36. The van der Waals surface area contributed by atoms with Crippen LogP contribution in [0.4, 0.5) is 31.0 Å². The molecule has 1 aliphatic heterocycles. The van der Waals surface area contributed by atoms with Gasteiger partial charge in [0.05, 0.1) is 20.8 Å². The summed E-state index contributed by atoms with van der Waals surface area (Å²) in [6.07, 6.45) is 6.32. The van der Waals surface area contributed by atoms with Crippen LogP contribution >= 0.6 is 0 Å². The lowest BCUT2D eigenvalue weighted by molar-refractivity contribution is -0.117. The quantitative estimate of drug-likeness (QED) is 0.559. The van der Waals surface area contributed by atoms with Gasteiger partial charge in [-0.15, -0.1) is 0 Å². The molecule has 2 N–H and O–H groups in total. The summed E-state index contributed by atoms with van der Waals surface area (Å²) in [6, 6.07) is 0.174. The van der Waals surface area contributed by atoms with Crippen molar-refractivity contribution in [3.8, 4) is 11.5 Å². The summed E-state index contributed by atoms with van der Waals surface area (Å²) in [7, 11) is 3.94. The normalized spacial score (nSPS) is 19.4. The number of carbonyl (C=O) groups is 2. The van der Waals surface area contributed by atoms with Crippen molar-refractivity contribution in [3.05, 3.63) is 42.1 Å². The Morgan fingerprint density at radius 3 is 2.42 bits per heavy atom. The van der Waals surface area contributed by atoms with E-state index in [0.29, 0.717) is 11.4 Å². The Morgan fingerprint density at radius 2 is 1.81 bits per heavy atom. The molecule has 0 bridgehead atoms. The molecule has 2 atom stereocenters. The van der Waals surface area contributed by atoms with E-state index in [0.717, 1.165) is 36.6 Å². The molecule has 1 fully saturated rings. The molecule has 2 heterocycles. The number of hydrogen-bond acceptors (Lipinski definition) is 7. The fraction of sp³-hybridized carbons (Fsp3) is 0.417. The summed E-state index contributed by atoms with van der Waals surface area (Å²) in [6.45, 7) is 3.34. The van der Waals surface area contributed by atoms with Crippen molar-refractivity contribution in [1.29, 1.82) is 0 Å². The van der Waals surface area contributed by atoms with Crippen molar-refractivity contribution >= 4 is 29.4 Å².